The number of alkyl halides is 2. The quantitative estimate of drug-likeness (QED) is 0.135. The Hall–Kier alpha value is -2.02. The van der Waals surface area contributed by atoms with Gasteiger partial charge >= 0.3 is 5.97 Å². The Morgan fingerprint density at radius 2 is 1.68 bits per heavy atom. The molecule has 1 fully saturated rings. The van der Waals surface area contributed by atoms with E-state index >= 15 is 4.39 Å². The molecule has 0 saturated heterocycles. The molecule has 3 rings (SSSR count). The smallest absolute Gasteiger partial charge is 0.338 e. The number of hydrogen-bond acceptors (Lipinski definition) is 3. The molecule has 186 valence electrons. The summed E-state index contributed by atoms with van der Waals surface area (Å²) >= 11 is 0.0270. The second kappa shape index (κ2) is 13.2. The highest BCUT2D eigenvalue weighted by molar-refractivity contribution is 7.99. The zero-order chi connectivity index (χ0) is 24.5. The molecule has 1 unspecified atom stereocenters. The first-order valence-electron chi connectivity index (χ1n) is 12.1. The van der Waals surface area contributed by atoms with Crippen LogP contribution in [-0.2, 0) is 4.74 Å². The van der Waals surface area contributed by atoms with Crippen LogP contribution >= 0.6 is 11.8 Å². The van der Waals surface area contributed by atoms with Crippen LogP contribution in [0, 0.1) is 17.6 Å². The van der Waals surface area contributed by atoms with Crippen LogP contribution in [0.25, 0.3) is 0 Å². The molecule has 0 bridgehead atoms. The van der Waals surface area contributed by atoms with E-state index in [9.17, 15) is 18.0 Å². The molecule has 34 heavy (non-hydrogen) atoms. The van der Waals surface area contributed by atoms with Crippen molar-refractivity contribution in [1.82, 2.24) is 0 Å². The summed E-state index contributed by atoms with van der Waals surface area (Å²) in [6.07, 6.45) is 7.39. The molecule has 0 N–H and O–H groups in total. The predicted molar refractivity (Wildman–Crippen MR) is 127 cm³/mol. The van der Waals surface area contributed by atoms with Crippen molar-refractivity contribution < 1.29 is 27.1 Å². The lowest BCUT2D eigenvalue weighted by Gasteiger charge is -2.34. The Kier molecular flexibility index (Phi) is 10.3. The number of unbranched alkanes of at least 4 members (excludes halogenated alkanes) is 3. The number of rotatable bonds is 11. The molecule has 2 nitrogen and oxygen atoms in total. The van der Waals surface area contributed by atoms with Gasteiger partial charge in [0, 0.05) is 0 Å². The van der Waals surface area contributed by atoms with Gasteiger partial charge in [-0.2, -0.15) is 8.78 Å². The second-order valence-electron chi connectivity index (χ2n) is 8.92. The molecule has 0 radical (unpaired) electrons. The average molecular weight is 497 g/mol. The summed E-state index contributed by atoms with van der Waals surface area (Å²) in [4.78, 5) is 12.0. The van der Waals surface area contributed by atoms with Gasteiger partial charge in [-0.15, -0.1) is 0 Å². The molecule has 2 aromatic carbocycles. The van der Waals surface area contributed by atoms with Crippen molar-refractivity contribution in [3.05, 3.63) is 65.2 Å². The third-order valence-electron chi connectivity index (χ3n) is 6.63. The molecule has 0 heterocycles. The molecule has 0 spiro atoms. The average Bonchev–Trinajstić information content (AvgIpc) is 2.84. The summed E-state index contributed by atoms with van der Waals surface area (Å²) in [7, 11) is 0. The molecule has 1 aliphatic rings. The van der Waals surface area contributed by atoms with Crippen LogP contribution in [0.1, 0.15) is 86.6 Å². The Bertz CT molecular complexity index is 914. The third-order valence-corrected chi connectivity index (χ3v) is 7.38. The van der Waals surface area contributed by atoms with E-state index < -0.39 is 17.4 Å². The van der Waals surface area contributed by atoms with E-state index in [2.05, 4.69) is 6.92 Å². The number of benzene rings is 2. The first-order chi connectivity index (χ1) is 16.4. The summed E-state index contributed by atoms with van der Waals surface area (Å²) < 4.78 is 60.7. The number of hydrogen-bond donors (Lipinski definition) is 0. The van der Waals surface area contributed by atoms with Crippen LogP contribution in [-0.4, -0.2) is 17.8 Å². The zero-order valence-corrected chi connectivity index (χ0v) is 20.3. The van der Waals surface area contributed by atoms with Gasteiger partial charge in [0.1, 0.15) is 6.10 Å². The molecule has 0 aliphatic heterocycles. The van der Waals surface area contributed by atoms with E-state index in [1.54, 1.807) is 24.3 Å². The fourth-order valence-electron chi connectivity index (χ4n) is 4.86. The lowest BCUT2D eigenvalue weighted by molar-refractivity contribution is 0.0149. The van der Waals surface area contributed by atoms with Gasteiger partial charge in [-0.1, -0.05) is 68.6 Å². The van der Waals surface area contributed by atoms with Crippen LogP contribution < -0.4 is 0 Å². The largest absolute Gasteiger partial charge is 0.459 e. The van der Waals surface area contributed by atoms with Crippen molar-refractivity contribution in [2.45, 2.75) is 87.4 Å². The van der Waals surface area contributed by atoms with Gasteiger partial charge in [0.05, 0.1) is 10.5 Å². The predicted octanol–water partition coefficient (Wildman–Crippen LogP) is 8.75. The third kappa shape index (κ3) is 7.24. The van der Waals surface area contributed by atoms with E-state index in [0.29, 0.717) is 18.4 Å². The molecule has 1 aliphatic carbocycles. The minimum atomic E-state index is -2.81. The van der Waals surface area contributed by atoms with E-state index in [4.69, 9.17) is 4.74 Å². The van der Waals surface area contributed by atoms with Crippen molar-refractivity contribution in [3.63, 3.8) is 0 Å². The van der Waals surface area contributed by atoms with Crippen LogP contribution in [0.4, 0.5) is 17.6 Å². The molecular formula is C27H32F4O2S. The van der Waals surface area contributed by atoms with Gasteiger partial charge < -0.3 is 4.74 Å². The van der Waals surface area contributed by atoms with Gasteiger partial charge in [-0.25, -0.2) is 13.6 Å². The Morgan fingerprint density at radius 1 is 0.971 bits per heavy atom. The van der Waals surface area contributed by atoms with Gasteiger partial charge in [0.2, 0.25) is 0 Å². The second-order valence-corrected chi connectivity index (χ2v) is 9.96. The number of halogens is 4. The lowest BCUT2D eigenvalue weighted by Crippen LogP contribution is -2.27. The lowest BCUT2D eigenvalue weighted by atomic mass is 9.73. The SMILES string of the molecule is CCCCCCC(c1ccc(SC(F)F)c(F)c1F)C1CCC(OC(=O)c2ccccc2)CC1. The topological polar surface area (TPSA) is 26.3 Å². The zero-order valence-electron chi connectivity index (χ0n) is 19.5. The molecule has 0 amide bonds. The highest BCUT2D eigenvalue weighted by Gasteiger charge is 2.32. The summed E-state index contributed by atoms with van der Waals surface area (Å²) in [6, 6.07) is 11.6. The van der Waals surface area contributed by atoms with Gasteiger partial charge in [0.25, 0.3) is 5.76 Å². The van der Waals surface area contributed by atoms with Crippen LogP contribution in [0.3, 0.4) is 0 Å². The van der Waals surface area contributed by atoms with Gasteiger partial charge in [0.15, 0.2) is 11.6 Å². The molecule has 1 saturated carbocycles. The fraction of sp³-hybridized carbons (Fsp3) is 0.519. The molecule has 0 aromatic heterocycles. The number of carbonyl (C=O) groups is 1. The minimum Gasteiger partial charge on any atom is -0.459 e. The molecular weight excluding hydrogens is 464 g/mol. The first-order valence-corrected chi connectivity index (χ1v) is 13.0. The van der Waals surface area contributed by atoms with Crippen molar-refractivity contribution in [3.8, 4) is 0 Å². The standard InChI is InChI=1S/C27H32F4O2S/c1-2-3-4-8-11-21(22-16-17-23(34-27(30)31)25(29)24(22)28)18-12-14-20(15-13-18)33-26(32)19-9-6-5-7-10-19/h5-7,9-10,16-18,20-21,27H,2-4,8,11-15H2,1H3. The van der Waals surface area contributed by atoms with Gasteiger partial charge in [-0.3, -0.25) is 0 Å². The maximum Gasteiger partial charge on any atom is 0.338 e. The number of ether oxygens (including phenoxy) is 1. The van der Waals surface area contributed by atoms with Crippen molar-refractivity contribution >= 4 is 17.7 Å². The summed E-state index contributed by atoms with van der Waals surface area (Å²) in [5.41, 5.74) is 0.787. The van der Waals surface area contributed by atoms with Gasteiger partial charge in [-0.05, 0) is 67.7 Å². The number of carbonyl (C=O) groups excluding carboxylic acids is 1. The van der Waals surface area contributed by atoms with E-state index in [1.807, 2.05) is 6.07 Å². The van der Waals surface area contributed by atoms with Crippen molar-refractivity contribution in [2.75, 3.05) is 0 Å². The summed E-state index contributed by atoms with van der Waals surface area (Å²) in [5, 5.41) is 0. The number of thioether (sulfide) groups is 1. The highest BCUT2D eigenvalue weighted by Crippen LogP contribution is 2.42. The van der Waals surface area contributed by atoms with Crippen LogP contribution in [0.5, 0.6) is 0 Å². The Morgan fingerprint density at radius 3 is 2.32 bits per heavy atom. The highest BCUT2D eigenvalue weighted by atomic mass is 32.2. The molecule has 7 heteroatoms. The van der Waals surface area contributed by atoms with E-state index in [1.165, 1.54) is 12.1 Å². The van der Waals surface area contributed by atoms with Crippen LogP contribution in [0.2, 0.25) is 0 Å². The van der Waals surface area contributed by atoms with Crippen molar-refractivity contribution in [2.24, 2.45) is 5.92 Å². The Balaban J connectivity index is 1.69. The van der Waals surface area contributed by atoms with E-state index in [-0.39, 0.29) is 46.1 Å². The first kappa shape index (κ1) is 26.6. The maximum atomic E-state index is 15.0. The molecule has 2 aromatic rings. The normalized spacial score (nSPS) is 19.2. The van der Waals surface area contributed by atoms with Crippen LogP contribution in [0.15, 0.2) is 47.4 Å². The molecule has 1 atom stereocenters. The Labute approximate surface area is 203 Å². The fourth-order valence-corrected chi connectivity index (χ4v) is 5.39. The van der Waals surface area contributed by atoms with Crippen molar-refractivity contribution in [1.29, 1.82) is 0 Å². The van der Waals surface area contributed by atoms with E-state index in [0.717, 1.165) is 44.9 Å². The summed E-state index contributed by atoms with van der Waals surface area (Å²) in [6.45, 7) is 2.12. The minimum absolute atomic E-state index is 0.0270. The monoisotopic (exact) mass is 496 g/mol. The summed E-state index contributed by atoms with van der Waals surface area (Å²) in [5.74, 6) is -5.42. The number of esters is 1. The maximum absolute atomic E-state index is 15.0.